The smallest absolute Gasteiger partial charge is 0.301 e. The number of hydrogen-bond donors (Lipinski definition) is 3. The summed E-state index contributed by atoms with van der Waals surface area (Å²) in [4.78, 5) is 79.5. The molecule has 10 rings (SSSR count). The van der Waals surface area contributed by atoms with Crippen molar-refractivity contribution in [3.63, 3.8) is 0 Å². The molecule has 16 nitrogen and oxygen atoms in total. The highest BCUT2D eigenvalue weighted by Crippen LogP contribution is 2.34. The molecule has 64 heavy (non-hydrogen) atoms. The van der Waals surface area contributed by atoms with Gasteiger partial charge in [0.15, 0.2) is 5.82 Å². The molecule has 2 aromatic heterocycles. The zero-order chi connectivity index (χ0) is 44.6. The lowest BCUT2D eigenvalue weighted by Crippen LogP contribution is -2.63. The number of halogens is 3. The highest BCUT2D eigenvalue weighted by atomic mass is 32.2. The maximum absolute atomic E-state index is 15.7. The van der Waals surface area contributed by atoms with Crippen LogP contribution in [0.1, 0.15) is 55.9 Å². The van der Waals surface area contributed by atoms with Gasteiger partial charge in [-0.1, -0.05) is 12.1 Å². The minimum Gasteiger partial charge on any atom is -0.369 e. The van der Waals surface area contributed by atoms with Crippen molar-refractivity contribution in [3.05, 3.63) is 107 Å². The number of carbonyl (C=O) groups excluding carboxylic acids is 5. The highest BCUT2D eigenvalue weighted by molar-refractivity contribution is 7.90. The van der Waals surface area contributed by atoms with Gasteiger partial charge in [0.25, 0.3) is 11.8 Å². The van der Waals surface area contributed by atoms with E-state index in [4.69, 9.17) is 0 Å². The zero-order valence-corrected chi connectivity index (χ0v) is 34.8. The second-order valence-electron chi connectivity index (χ2n) is 16.6. The number of aromatic amines is 1. The van der Waals surface area contributed by atoms with E-state index in [1.807, 2.05) is 35.1 Å². The third-order valence-corrected chi connectivity index (χ3v) is 14.3. The quantitative estimate of drug-likeness (QED) is 0.137. The molecule has 1 unspecified atom stereocenters. The number of rotatable bonds is 10. The predicted molar refractivity (Wildman–Crippen MR) is 228 cm³/mol. The van der Waals surface area contributed by atoms with Crippen LogP contribution in [-0.2, 0) is 19.8 Å². The number of fused-ring (bicyclic) bond motifs is 2. The first-order valence-corrected chi connectivity index (χ1v) is 22.3. The van der Waals surface area contributed by atoms with Crippen molar-refractivity contribution < 1.29 is 45.6 Å². The van der Waals surface area contributed by atoms with Crippen LogP contribution < -0.4 is 19.8 Å². The Morgan fingerprint density at radius 2 is 1.53 bits per heavy atom. The van der Waals surface area contributed by atoms with Gasteiger partial charge in [-0.2, -0.15) is 12.7 Å². The maximum atomic E-state index is 15.7. The van der Waals surface area contributed by atoms with Crippen molar-refractivity contribution in [2.75, 3.05) is 66.9 Å². The molecule has 0 radical (unpaired) electrons. The number of anilines is 3. The second-order valence-corrected chi connectivity index (χ2v) is 18.3. The molecule has 4 saturated heterocycles. The van der Waals surface area contributed by atoms with Crippen LogP contribution >= 0.6 is 0 Å². The van der Waals surface area contributed by atoms with Crippen LogP contribution in [0.3, 0.4) is 0 Å². The molecule has 0 aliphatic carbocycles. The summed E-state index contributed by atoms with van der Waals surface area (Å²) in [5.74, 6) is -5.73. The van der Waals surface area contributed by atoms with Crippen LogP contribution in [0, 0.1) is 11.6 Å². The van der Waals surface area contributed by atoms with Gasteiger partial charge in [-0.3, -0.25) is 43.8 Å². The molecule has 5 aliphatic heterocycles. The molecule has 4 fully saturated rings. The number of amides is 4. The lowest BCUT2D eigenvalue weighted by Gasteiger charge is -2.49. The number of nitrogens with zero attached hydrogens (tertiary/aromatic N) is 6. The summed E-state index contributed by atoms with van der Waals surface area (Å²) in [6.45, 7) is 4.17. The number of pyridine rings is 1. The van der Waals surface area contributed by atoms with Crippen LogP contribution in [0.5, 0.6) is 0 Å². The molecule has 20 heteroatoms. The van der Waals surface area contributed by atoms with Crippen molar-refractivity contribution in [2.45, 2.75) is 37.5 Å². The number of imide groups is 2. The summed E-state index contributed by atoms with van der Waals surface area (Å²) in [5, 5.41) is 2.53. The normalized spacial score (nSPS) is 21.1. The van der Waals surface area contributed by atoms with Crippen molar-refractivity contribution in [1.29, 1.82) is 0 Å². The molecular formula is C44H40F3N9O7S. The van der Waals surface area contributed by atoms with Gasteiger partial charge in [0.1, 0.15) is 23.7 Å². The summed E-state index contributed by atoms with van der Waals surface area (Å²) in [6, 6.07) is 15.7. The molecule has 3 aromatic carbocycles. The fourth-order valence-electron chi connectivity index (χ4n) is 9.20. The summed E-state index contributed by atoms with van der Waals surface area (Å²) in [5.41, 5.74) is 2.43. The number of aromatic nitrogens is 2. The number of piperazine rings is 1. The Bertz CT molecular complexity index is 2900. The first kappa shape index (κ1) is 41.4. The summed E-state index contributed by atoms with van der Waals surface area (Å²) >= 11 is 0. The molecule has 2 atom stereocenters. The molecule has 4 amide bonds. The van der Waals surface area contributed by atoms with Gasteiger partial charge in [0.05, 0.1) is 22.4 Å². The summed E-state index contributed by atoms with van der Waals surface area (Å²) in [6.07, 6.45) is 1.71. The largest absolute Gasteiger partial charge is 0.369 e. The van der Waals surface area contributed by atoms with E-state index in [9.17, 15) is 36.8 Å². The molecule has 5 aromatic rings. The lowest BCUT2D eigenvalue weighted by atomic mass is 9.99. The third-order valence-electron chi connectivity index (χ3n) is 12.8. The number of benzene rings is 3. The molecule has 0 spiro atoms. The maximum Gasteiger partial charge on any atom is 0.301 e. The van der Waals surface area contributed by atoms with Gasteiger partial charge in [0.2, 0.25) is 17.6 Å². The van der Waals surface area contributed by atoms with Crippen LogP contribution in [0.4, 0.5) is 30.2 Å². The second kappa shape index (κ2) is 15.9. The summed E-state index contributed by atoms with van der Waals surface area (Å²) < 4.78 is 73.0. The van der Waals surface area contributed by atoms with Crippen LogP contribution in [-0.4, -0.2) is 133 Å². The van der Waals surface area contributed by atoms with Crippen LogP contribution in [0.25, 0.3) is 22.2 Å². The topological polar surface area (TPSA) is 188 Å². The fourth-order valence-corrected chi connectivity index (χ4v) is 10.5. The molecule has 0 saturated carbocycles. The van der Waals surface area contributed by atoms with Gasteiger partial charge >= 0.3 is 10.2 Å². The molecule has 330 valence electrons. The monoisotopic (exact) mass is 895 g/mol. The Balaban J connectivity index is 0.762. The Morgan fingerprint density at radius 1 is 0.797 bits per heavy atom. The minimum absolute atomic E-state index is 0.00583. The molecule has 3 N–H and O–H groups in total. The van der Waals surface area contributed by atoms with Gasteiger partial charge in [0, 0.05) is 105 Å². The van der Waals surface area contributed by atoms with Crippen molar-refractivity contribution in [2.24, 2.45) is 0 Å². The zero-order valence-electron chi connectivity index (χ0n) is 34.0. The van der Waals surface area contributed by atoms with Crippen molar-refractivity contribution >= 4 is 67.7 Å². The van der Waals surface area contributed by atoms with Gasteiger partial charge in [-0.15, -0.1) is 0 Å². The highest BCUT2D eigenvalue weighted by Gasteiger charge is 2.45. The van der Waals surface area contributed by atoms with E-state index in [0.29, 0.717) is 22.6 Å². The van der Waals surface area contributed by atoms with Crippen molar-refractivity contribution in [1.82, 2.24) is 29.4 Å². The van der Waals surface area contributed by atoms with E-state index < -0.39 is 81.3 Å². The number of H-pyrrole nitrogens is 1. The number of ketones is 1. The van der Waals surface area contributed by atoms with E-state index in [2.05, 4.69) is 30.0 Å². The lowest BCUT2D eigenvalue weighted by molar-refractivity contribution is -0.136. The first-order valence-electron chi connectivity index (χ1n) is 20.9. The number of alkyl halides is 1. The van der Waals surface area contributed by atoms with E-state index in [-0.39, 0.29) is 42.5 Å². The van der Waals surface area contributed by atoms with E-state index in [0.717, 1.165) is 77.5 Å². The third kappa shape index (κ3) is 7.24. The molecular weight excluding hydrogens is 856 g/mol. The number of hydrogen-bond acceptors (Lipinski definition) is 11. The Morgan fingerprint density at radius 3 is 2.25 bits per heavy atom. The fraction of sp³-hybridized carbons (Fsp3) is 0.318. The van der Waals surface area contributed by atoms with Crippen LogP contribution in [0.2, 0.25) is 0 Å². The van der Waals surface area contributed by atoms with Gasteiger partial charge in [-0.05, 0) is 66.9 Å². The van der Waals surface area contributed by atoms with Crippen LogP contribution in [0.15, 0.2) is 73.1 Å². The number of nitrogens with one attached hydrogen (secondary N) is 3. The standard InChI is InChI=1S/C44H40F3N9O7S/c45-26-11-12-55(21-26)64(62,63)51-35-8-7-34(46)38(39(35)47)40(58)33-20-49-41-31(33)17-25(19-48-41)24-1-3-27(4-2-24)54-22-29(23-54)53-15-13-52(14-16-53)28-5-6-30-32(18-28)44(61)56(43(30)60)36-9-10-37(57)50-42(36)59/h1-8,17-20,26,29,36,51H,9-16,21-23H2,(H,48,49)(H,50,57,59)/t26-,36?/m1/s1. The Hall–Kier alpha value is -6.64. The van der Waals surface area contributed by atoms with E-state index in [1.54, 1.807) is 24.4 Å². The molecule has 0 bridgehead atoms. The molecule has 7 heterocycles. The van der Waals surface area contributed by atoms with Gasteiger partial charge in [-0.25, -0.2) is 18.2 Å². The Labute approximate surface area is 364 Å². The van der Waals surface area contributed by atoms with Gasteiger partial charge < -0.3 is 14.8 Å². The van der Waals surface area contributed by atoms with E-state index >= 15 is 8.78 Å². The Kier molecular flexibility index (Phi) is 10.3. The SMILES string of the molecule is O=C1CCC(N2C(=O)c3ccc(N4CCN(C5CN(c6ccc(-c7cnc8[nH]cc(C(=O)c9c(F)ccc(NS(=O)(=O)N%10CC[C@@H](F)C%10)c9F)c8c7)cc6)C5)CC4)cc3C2=O)C(=O)N1. The van der Waals surface area contributed by atoms with E-state index in [1.165, 1.54) is 6.20 Å². The first-order chi connectivity index (χ1) is 30.7. The minimum atomic E-state index is -4.37. The number of piperidine rings is 1. The van der Waals surface area contributed by atoms with Crippen molar-refractivity contribution in [3.8, 4) is 11.1 Å². The number of carbonyl (C=O) groups is 5. The predicted octanol–water partition coefficient (Wildman–Crippen LogP) is 3.85. The average molecular weight is 896 g/mol. The summed E-state index contributed by atoms with van der Waals surface area (Å²) in [7, 11) is -4.37. The average Bonchev–Trinajstić information content (AvgIpc) is 3.97. The molecule has 5 aliphatic rings.